The van der Waals surface area contributed by atoms with Crippen molar-refractivity contribution >= 4 is 10.9 Å². The molecule has 0 amide bonds. The number of H-pyrrole nitrogens is 1. The number of fused-ring (bicyclic) bond motifs is 1. The highest BCUT2D eigenvalue weighted by Crippen LogP contribution is 2.27. The van der Waals surface area contributed by atoms with Crippen LogP contribution in [0.5, 0.6) is 11.5 Å². The van der Waals surface area contributed by atoms with Crippen LogP contribution in [0.3, 0.4) is 0 Å². The van der Waals surface area contributed by atoms with E-state index < -0.39 is 0 Å². The quantitative estimate of drug-likeness (QED) is 0.755. The van der Waals surface area contributed by atoms with Gasteiger partial charge in [-0.15, -0.1) is 0 Å². The topological polar surface area (TPSA) is 42.1 Å². The maximum Gasteiger partial charge on any atom is 0.248 e. The number of nitrogens with one attached hydrogen (secondary N) is 1. The van der Waals surface area contributed by atoms with E-state index in [1.807, 2.05) is 49.4 Å². The van der Waals surface area contributed by atoms with Gasteiger partial charge in [0.05, 0.1) is 5.52 Å². The molecule has 0 aliphatic heterocycles. The maximum absolute atomic E-state index is 11.4. The average Bonchev–Trinajstić information content (AvgIpc) is 2.42. The van der Waals surface area contributed by atoms with Gasteiger partial charge in [0.15, 0.2) is 5.75 Å². The first-order valence-electron chi connectivity index (χ1n) is 6.09. The Balaban J connectivity index is 2.07. The third-order valence-corrected chi connectivity index (χ3v) is 2.97. The highest BCUT2D eigenvalue weighted by atomic mass is 16.5. The molecule has 94 valence electrons. The van der Waals surface area contributed by atoms with E-state index in [1.165, 1.54) is 11.6 Å². The zero-order valence-electron chi connectivity index (χ0n) is 10.5. The van der Waals surface area contributed by atoms with E-state index in [0.29, 0.717) is 5.75 Å². The Morgan fingerprint density at radius 3 is 2.53 bits per heavy atom. The first-order chi connectivity index (χ1) is 9.22. The molecule has 0 atom stereocenters. The van der Waals surface area contributed by atoms with Crippen LogP contribution in [0.2, 0.25) is 0 Å². The number of hydrogen-bond donors (Lipinski definition) is 1. The predicted octanol–water partition coefficient (Wildman–Crippen LogP) is 3.63. The maximum atomic E-state index is 11.4. The fourth-order valence-corrected chi connectivity index (χ4v) is 1.97. The Kier molecular flexibility index (Phi) is 2.80. The third-order valence-electron chi connectivity index (χ3n) is 2.97. The van der Waals surface area contributed by atoms with Crippen LogP contribution in [0.4, 0.5) is 0 Å². The molecule has 1 aromatic heterocycles. The second-order valence-electron chi connectivity index (χ2n) is 4.46. The van der Waals surface area contributed by atoms with E-state index in [-0.39, 0.29) is 5.56 Å². The lowest BCUT2D eigenvalue weighted by Gasteiger charge is -2.08. The van der Waals surface area contributed by atoms with E-state index in [1.54, 1.807) is 6.07 Å². The smallest absolute Gasteiger partial charge is 0.248 e. The van der Waals surface area contributed by atoms with Crippen molar-refractivity contribution < 1.29 is 4.74 Å². The molecule has 0 aliphatic carbocycles. The van der Waals surface area contributed by atoms with Crippen molar-refractivity contribution in [1.82, 2.24) is 4.98 Å². The average molecular weight is 251 g/mol. The lowest BCUT2D eigenvalue weighted by atomic mass is 10.2. The molecule has 19 heavy (non-hydrogen) atoms. The van der Waals surface area contributed by atoms with Crippen LogP contribution in [0.1, 0.15) is 5.56 Å². The number of ether oxygens (including phenoxy) is 1. The minimum Gasteiger partial charge on any atom is -0.455 e. The SMILES string of the molecule is Cc1ccc(Oc2cccc3ccc(=O)[nH]c23)cc1. The highest BCUT2D eigenvalue weighted by molar-refractivity contribution is 5.84. The molecule has 0 saturated heterocycles. The standard InChI is InChI=1S/C16H13NO2/c1-11-5-8-13(9-6-11)19-14-4-2-3-12-7-10-15(18)17-16(12)14/h2-10H,1H3,(H,17,18). The number of pyridine rings is 1. The Hall–Kier alpha value is -2.55. The molecule has 0 saturated carbocycles. The number of aryl methyl sites for hydroxylation is 1. The summed E-state index contributed by atoms with van der Waals surface area (Å²) in [5.74, 6) is 1.40. The van der Waals surface area contributed by atoms with Crippen molar-refractivity contribution in [3.63, 3.8) is 0 Å². The largest absolute Gasteiger partial charge is 0.455 e. The van der Waals surface area contributed by atoms with Gasteiger partial charge in [0, 0.05) is 11.5 Å². The summed E-state index contributed by atoms with van der Waals surface area (Å²) in [5, 5.41) is 0.948. The lowest BCUT2D eigenvalue weighted by molar-refractivity contribution is 0.487. The van der Waals surface area contributed by atoms with Crippen LogP contribution in [-0.2, 0) is 0 Å². The minimum atomic E-state index is -0.132. The molecular formula is C16H13NO2. The van der Waals surface area contributed by atoms with E-state index in [2.05, 4.69) is 4.98 Å². The van der Waals surface area contributed by atoms with E-state index >= 15 is 0 Å². The second-order valence-corrected chi connectivity index (χ2v) is 4.46. The molecule has 0 spiro atoms. The number of hydrogen-bond acceptors (Lipinski definition) is 2. The van der Waals surface area contributed by atoms with Crippen molar-refractivity contribution in [1.29, 1.82) is 0 Å². The van der Waals surface area contributed by atoms with Gasteiger partial charge in [-0.2, -0.15) is 0 Å². The number of rotatable bonds is 2. The number of aromatic amines is 1. The lowest BCUT2D eigenvalue weighted by Crippen LogP contribution is -2.03. The van der Waals surface area contributed by atoms with Gasteiger partial charge in [0.1, 0.15) is 5.75 Å². The van der Waals surface area contributed by atoms with Crippen molar-refractivity contribution in [2.75, 3.05) is 0 Å². The zero-order chi connectivity index (χ0) is 13.2. The van der Waals surface area contributed by atoms with Gasteiger partial charge in [-0.3, -0.25) is 4.79 Å². The number of para-hydroxylation sites is 1. The van der Waals surface area contributed by atoms with Gasteiger partial charge in [0.2, 0.25) is 5.56 Å². The van der Waals surface area contributed by atoms with Gasteiger partial charge in [-0.25, -0.2) is 0 Å². The summed E-state index contributed by atoms with van der Waals surface area (Å²) in [4.78, 5) is 14.2. The zero-order valence-corrected chi connectivity index (χ0v) is 10.5. The van der Waals surface area contributed by atoms with Gasteiger partial charge in [0.25, 0.3) is 0 Å². The van der Waals surface area contributed by atoms with Crippen molar-refractivity contribution in [3.8, 4) is 11.5 Å². The first kappa shape index (κ1) is 11.5. The molecule has 0 fully saturated rings. The van der Waals surface area contributed by atoms with E-state index in [9.17, 15) is 4.79 Å². The van der Waals surface area contributed by atoms with Crippen molar-refractivity contribution in [2.45, 2.75) is 6.92 Å². The van der Waals surface area contributed by atoms with E-state index in [0.717, 1.165) is 16.7 Å². The van der Waals surface area contributed by atoms with Gasteiger partial charge >= 0.3 is 0 Å². The van der Waals surface area contributed by atoms with Crippen molar-refractivity contribution in [3.05, 3.63) is 70.5 Å². The molecular weight excluding hydrogens is 238 g/mol. The summed E-state index contributed by atoms with van der Waals surface area (Å²) < 4.78 is 5.83. The molecule has 3 nitrogen and oxygen atoms in total. The summed E-state index contributed by atoms with van der Waals surface area (Å²) in [6, 6.07) is 16.8. The van der Waals surface area contributed by atoms with Gasteiger partial charge in [-0.1, -0.05) is 29.8 Å². The number of aromatic nitrogens is 1. The summed E-state index contributed by atoms with van der Waals surface area (Å²) in [6.45, 7) is 2.03. The number of benzene rings is 2. The molecule has 0 radical (unpaired) electrons. The minimum absolute atomic E-state index is 0.132. The van der Waals surface area contributed by atoms with Crippen LogP contribution in [0.15, 0.2) is 59.4 Å². The molecule has 3 rings (SSSR count). The normalized spacial score (nSPS) is 10.6. The third kappa shape index (κ3) is 2.36. The van der Waals surface area contributed by atoms with Crippen LogP contribution in [0, 0.1) is 6.92 Å². The molecule has 1 heterocycles. The molecule has 2 aromatic carbocycles. The van der Waals surface area contributed by atoms with E-state index in [4.69, 9.17) is 4.74 Å². The van der Waals surface area contributed by atoms with Crippen LogP contribution >= 0.6 is 0 Å². The highest BCUT2D eigenvalue weighted by Gasteiger charge is 2.04. The second kappa shape index (κ2) is 4.61. The molecule has 3 heteroatoms. The fourth-order valence-electron chi connectivity index (χ4n) is 1.97. The van der Waals surface area contributed by atoms with Crippen LogP contribution < -0.4 is 10.3 Å². The molecule has 1 N–H and O–H groups in total. The first-order valence-corrected chi connectivity index (χ1v) is 6.09. The fraction of sp³-hybridized carbons (Fsp3) is 0.0625. The summed E-state index contributed by atoms with van der Waals surface area (Å²) in [5.41, 5.74) is 1.77. The predicted molar refractivity (Wildman–Crippen MR) is 75.8 cm³/mol. The van der Waals surface area contributed by atoms with Crippen molar-refractivity contribution in [2.24, 2.45) is 0 Å². The molecule has 3 aromatic rings. The summed E-state index contributed by atoms with van der Waals surface area (Å²) in [7, 11) is 0. The van der Waals surface area contributed by atoms with Crippen LogP contribution in [-0.4, -0.2) is 4.98 Å². The van der Waals surface area contributed by atoms with Crippen LogP contribution in [0.25, 0.3) is 10.9 Å². The Morgan fingerprint density at radius 2 is 1.74 bits per heavy atom. The molecule has 0 unspecified atom stereocenters. The molecule has 0 bridgehead atoms. The molecule has 0 aliphatic rings. The van der Waals surface area contributed by atoms with Gasteiger partial charge in [-0.05, 0) is 31.2 Å². The summed E-state index contributed by atoms with van der Waals surface area (Å²) >= 11 is 0. The van der Waals surface area contributed by atoms with Gasteiger partial charge < -0.3 is 9.72 Å². The Labute approximate surface area is 110 Å². The Morgan fingerprint density at radius 1 is 0.947 bits per heavy atom. The Bertz CT molecular complexity index is 773. The summed E-state index contributed by atoms with van der Waals surface area (Å²) in [6.07, 6.45) is 0. The monoisotopic (exact) mass is 251 g/mol.